The van der Waals surface area contributed by atoms with E-state index in [1.807, 2.05) is 0 Å². The van der Waals surface area contributed by atoms with Crippen molar-refractivity contribution >= 4 is 8.60 Å². The standard InChI is InChI=1S/C32H67O3P/c1-9-11-13-15-16-17-18-19-21-23-26-34-36(33)35-27-25-30(32(6,7)8)28-29(31(3,4)5)24-22-20-14-12-10-2/h29-30,33H,9-28H2,1-8H3. The predicted octanol–water partition coefficient (Wildman–Crippen LogP) is 11.6. The van der Waals surface area contributed by atoms with Crippen molar-refractivity contribution in [3.8, 4) is 0 Å². The van der Waals surface area contributed by atoms with Crippen LogP contribution in [0.5, 0.6) is 0 Å². The van der Waals surface area contributed by atoms with Gasteiger partial charge in [0, 0.05) is 0 Å². The highest BCUT2D eigenvalue weighted by Crippen LogP contribution is 2.43. The highest BCUT2D eigenvalue weighted by molar-refractivity contribution is 7.40. The van der Waals surface area contributed by atoms with Gasteiger partial charge in [0.25, 0.3) is 0 Å². The second kappa shape index (κ2) is 22.2. The maximum absolute atomic E-state index is 10.2. The molecule has 3 unspecified atom stereocenters. The van der Waals surface area contributed by atoms with Crippen molar-refractivity contribution < 1.29 is 13.9 Å². The summed E-state index contributed by atoms with van der Waals surface area (Å²) in [6.07, 6.45) is 23.4. The Morgan fingerprint density at radius 3 is 1.39 bits per heavy atom. The van der Waals surface area contributed by atoms with Crippen LogP contribution in [0.1, 0.15) is 171 Å². The van der Waals surface area contributed by atoms with Crippen LogP contribution in [-0.2, 0) is 9.05 Å². The van der Waals surface area contributed by atoms with Crippen molar-refractivity contribution in [1.29, 1.82) is 0 Å². The Hall–Kier alpha value is 0.310. The second-order valence-corrected chi connectivity index (χ2v) is 14.4. The van der Waals surface area contributed by atoms with E-state index in [1.165, 1.54) is 103 Å². The maximum atomic E-state index is 10.2. The van der Waals surface area contributed by atoms with E-state index in [0.29, 0.717) is 24.5 Å². The molecule has 0 heterocycles. The molecule has 4 heteroatoms. The molecule has 218 valence electrons. The van der Waals surface area contributed by atoms with Gasteiger partial charge in [0.1, 0.15) is 0 Å². The maximum Gasteiger partial charge on any atom is 0.329 e. The van der Waals surface area contributed by atoms with Gasteiger partial charge in [0.15, 0.2) is 0 Å². The number of hydrogen-bond donors (Lipinski definition) is 1. The summed E-state index contributed by atoms with van der Waals surface area (Å²) in [6.45, 7) is 20.1. The Morgan fingerprint density at radius 2 is 0.917 bits per heavy atom. The van der Waals surface area contributed by atoms with E-state index < -0.39 is 8.60 Å². The van der Waals surface area contributed by atoms with Gasteiger partial charge in [-0.3, -0.25) is 0 Å². The molecule has 3 nitrogen and oxygen atoms in total. The van der Waals surface area contributed by atoms with Crippen molar-refractivity contribution in [2.75, 3.05) is 13.2 Å². The van der Waals surface area contributed by atoms with Crippen molar-refractivity contribution in [3.05, 3.63) is 0 Å². The second-order valence-electron chi connectivity index (χ2n) is 13.4. The fourth-order valence-corrected chi connectivity index (χ4v) is 5.81. The first-order valence-electron chi connectivity index (χ1n) is 15.8. The van der Waals surface area contributed by atoms with Gasteiger partial charge in [-0.2, -0.15) is 0 Å². The fraction of sp³-hybridized carbons (Fsp3) is 1.00. The van der Waals surface area contributed by atoms with E-state index in [1.54, 1.807) is 0 Å². The normalized spacial score (nSPS) is 15.2. The Morgan fingerprint density at radius 1 is 0.528 bits per heavy atom. The highest BCUT2D eigenvalue weighted by atomic mass is 31.2. The summed E-state index contributed by atoms with van der Waals surface area (Å²) in [5, 5.41) is 0. The molecule has 0 bridgehead atoms. The Labute approximate surface area is 229 Å². The molecule has 0 fully saturated rings. The summed E-state index contributed by atoms with van der Waals surface area (Å²) in [4.78, 5) is 10.2. The summed E-state index contributed by atoms with van der Waals surface area (Å²) < 4.78 is 11.4. The van der Waals surface area contributed by atoms with E-state index in [-0.39, 0.29) is 5.41 Å². The van der Waals surface area contributed by atoms with Crippen LogP contribution < -0.4 is 0 Å². The van der Waals surface area contributed by atoms with Crippen molar-refractivity contribution in [2.24, 2.45) is 22.7 Å². The lowest BCUT2D eigenvalue weighted by Gasteiger charge is -2.39. The molecule has 0 aliphatic rings. The van der Waals surface area contributed by atoms with Crippen molar-refractivity contribution in [3.63, 3.8) is 0 Å². The average molecular weight is 531 g/mol. The van der Waals surface area contributed by atoms with E-state index in [9.17, 15) is 4.89 Å². The lowest BCUT2D eigenvalue weighted by molar-refractivity contribution is 0.0992. The molecule has 0 aromatic rings. The van der Waals surface area contributed by atoms with Gasteiger partial charge in [-0.05, 0) is 48.3 Å². The molecular weight excluding hydrogens is 463 g/mol. The number of hydrogen-bond acceptors (Lipinski definition) is 3. The van der Waals surface area contributed by atoms with Gasteiger partial charge >= 0.3 is 8.60 Å². The SMILES string of the molecule is CCCCCCCCCCCCOP(O)OCCC(CC(CCCCCCC)C(C)(C)C)C(C)(C)C. The Balaban J connectivity index is 4.19. The highest BCUT2D eigenvalue weighted by Gasteiger charge is 2.32. The largest absolute Gasteiger partial charge is 0.329 e. The molecule has 0 rings (SSSR count). The van der Waals surface area contributed by atoms with Crippen molar-refractivity contribution in [2.45, 2.75) is 171 Å². The van der Waals surface area contributed by atoms with Crippen LogP contribution in [0, 0.1) is 22.7 Å². The van der Waals surface area contributed by atoms with Gasteiger partial charge in [0.2, 0.25) is 0 Å². The van der Waals surface area contributed by atoms with Crippen LogP contribution in [0.2, 0.25) is 0 Å². The predicted molar refractivity (Wildman–Crippen MR) is 161 cm³/mol. The van der Waals surface area contributed by atoms with Gasteiger partial charge < -0.3 is 13.9 Å². The summed E-state index contributed by atoms with van der Waals surface area (Å²) in [6, 6.07) is 0. The zero-order valence-electron chi connectivity index (χ0n) is 26.0. The molecule has 0 amide bonds. The Kier molecular flexibility index (Phi) is 22.4. The fourth-order valence-electron chi connectivity index (χ4n) is 5.19. The van der Waals surface area contributed by atoms with E-state index in [4.69, 9.17) is 9.05 Å². The molecule has 0 aliphatic heterocycles. The molecule has 1 N–H and O–H groups in total. The first-order chi connectivity index (χ1) is 17.0. The third-order valence-electron chi connectivity index (χ3n) is 8.04. The minimum atomic E-state index is -1.74. The van der Waals surface area contributed by atoms with Crippen LogP contribution in [0.25, 0.3) is 0 Å². The number of unbranched alkanes of at least 4 members (excludes halogenated alkanes) is 13. The van der Waals surface area contributed by atoms with Gasteiger partial charge in [-0.25, -0.2) is 0 Å². The molecule has 0 saturated carbocycles. The smallest absolute Gasteiger partial charge is 0.328 e. The first-order valence-corrected chi connectivity index (χ1v) is 16.9. The summed E-state index contributed by atoms with van der Waals surface area (Å²) in [5.41, 5.74) is 0.570. The molecule has 0 spiro atoms. The zero-order valence-corrected chi connectivity index (χ0v) is 26.9. The van der Waals surface area contributed by atoms with Crippen LogP contribution in [0.3, 0.4) is 0 Å². The topological polar surface area (TPSA) is 38.7 Å². The minimum absolute atomic E-state index is 0.240. The van der Waals surface area contributed by atoms with Gasteiger partial charge in [-0.1, -0.05) is 145 Å². The van der Waals surface area contributed by atoms with Crippen LogP contribution >= 0.6 is 8.60 Å². The minimum Gasteiger partial charge on any atom is -0.328 e. The lowest BCUT2D eigenvalue weighted by atomic mass is 9.67. The number of rotatable bonds is 24. The lowest BCUT2D eigenvalue weighted by Crippen LogP contribution is -2.30. The molecule has 0 aliphatic carbocycles. The zero-order chi connectivity index (χ0) is 27.3. The van der Waals surface area contributed by atoms with E-state index in [2.05, 4.69) is 55.4 Å². The molecule has 3 atom stereocenters. The van der Waals surface area contributed by atoms with Crippen LogP contribution in [0.15, 0.2) is 0 Å². The van der Waals surface area contributed by atoms with Gasteiger partial charge in [0.05, 0.1) is 13.2 Å². The van der Waals surface area contributed by atoms with E-state index >= 15 is 0 Å². The van der Waals surface area contributed by atoms with Gasteiger partial charge in [-0.15, -0.1) is 0 Å². The van der Waals surface area contributed by atoms with Crippen LogP contribution in [0.4, 0.5) is 0 Å². The van der Waals surface area contributed by atoms with Crippen molar-refractivity contribution in [1.82, 2.24) is 0 Å². The average Bonchev–Trinajstić information content (AvgIpc) is 2.79. The summed E-state index contributed by atoms with van der Waals surface area (Å²) >= 11 is 0. The molecule has 0 aromatic heterocycles. The molecule has 36 heavy (non-hydrogen) atoms. The monoisotopic (exact) mass is 530 g/mol. The third-order valence-corrected chi connectivity index (χ3v) is 8.85. The summed E-state index contributed by atoms with van der Waals surface area (Å²) in [7, 11) is -1.74. The molecule has 0 radical (unpaired) electrons. The van der Waals surface area contributed by atoms with E-state index in [0.717, 1.165) is 18.8 Å². The Bertz CT molecular complexity index is 469. The van der Waals surface area contributed by atoms with Crippen LogP contribution in [-0.4, -0.2) is 18.1 Å². The molecular formula is C32H67O3P. The first kappa shape index (κ1) is 36.3. The molecule has 0 saturated heterocycles. The quantitative estimate of drug-likeness (QED) is 0.0996. The summed E-state index contributed by atoms with van der Waals surface area (Å²) in [5.74, 6) is 1.31. The third kappa shape index (κ3) is 21.3. The molecule has 0 aromatic carbocycles.